The van der Waals surface area contributed by atoms with Crippen LogP contribution in [0, 0.1) is 15.9 Å². The Morgan fingerprint density at radius 1 is 1.11 bits per heavy atom. The number of ether oxygens (including phenoxy) is 1. The first-order valence-corrected chi connectivity index (χ1v) is 10.2. The molecule has 2 aliphatic rings. The quantitative estimate of drug-likeness (QED) is 0.555. The lowest BCUT2D eigenvalue weighted by atomic mass is 10.2. The highest BCUT2D eigenvalue weighted by molar-refractivity contribution is 7.86. The van der Waals surface area contributed by atoms with E-state index in [0.717, 1.165) is 6.07 Å². The molecular formula is C16H23FN4O5S. The van der Waals surface area contributed by atoms with E-state index in [1.54, 1.807) is 4.90 Å². The molecule has 0 N–H and O–H groups in total. The van der Waals surface area contributed by atoms with E-state index in [2.05, 4.69) is 0 Å². The number of nitrogens with zero attached hydrogens (tertiary/aromatic N) is 4. The third kappa shape index (κ3) is 4.21. The topological polar surface area (TPSA) is 96.2 Å². The summed E-state index contributed by atoms with van der Waals surface area (Å²) >= 11 is 0. The summed E-state index contributed by atoms with van der Waals surface area (Å²) in [6.45, 7) is 5.36. The van der Waals surface area contributed by atoms with Crippen molar-refractivity contribution in [1.29, 1.82) is 0 Å². The first-order chi connectivity index (χ1) is 12.7. The van der Waals surface area contributed by atoms with Crippen LogP contribution >= 0.6 is 0 Å². The van der Waals surface area contributed by atoms with Crippen LogP contribution < -0.4 is 4.90 Å². The summed E-state index contributed by atoms with van der Waals surface area (Å²) in [5.74, 6) is -0.684. The molecule has 0 aliphatic carbocycles. The highest BCUT2D eigenvalue weighted by Crippen LogP contribution is 2.26. The van der Waals surface area contributed by atoms with Crippen LogP contribution in [-0.2, 0) is 14.9 Å². The van der Waals surface area contributed by atoms with E-state index >= 15 is 0 Å². The number of halogens is 1. The van der Waals surface area contributed by atoms with Gasteiger partial charge in [0.2, 0.25) is 0 Å². The zero-order chi connectivity index (χ0) is 19.8. The van der Waals surface area contributed by atoms with E-state index in [0.29, 0.717) is 26.2 Å². The van der Waals surface area contributed by atoms with Gasteiger partial charge in [0.25, 0.3) is 15.9 Å². The number of benzene rings is 1. The van der Waals surface area contributed by atoms with Gasteiger partial charge in [0, 0.05) is 45.3 Å². The number of morpholine rings is 1. The number of nitro benzene ring substituents is 1. The van der Waals surface area contributed by atoms with Gasteiger partial charge >= 0.3 is 0 Å². The van der Waals surface area contributed by atoms with Gasteiger partial charge in [0.1, 0.15) is 0 Å². The van der Waals surface area contributed by atoms with Crippen LogP contribution in [0.3, 0.4) is 0 Å². The molecule has 0 radical (unpaired) electrons. The van der Waals surface area contributed by atoms with Crippen molar-refractivity contribution >= 4 is 21.6 Å². The molecule has 1 aromatic carbocycles. The normalized spacial score (nSPS) is 25.5. The molecule has 2 fully saturated rings. The molecule has 1 aromatic rings. The van der Waals surface area contributed by atoms with Crippen molar-refractivity contribution in [2.45, 2.75) is 26.1 Å². The molecule has 0 amide bonds. The van der Waals surface area contributed by atoms with Crippen LogP contribution in [0.25, 0.3) is 0 Å². The maximum atomic E-state index is 14.2. The van der Waals surface area contributed by atoms with Gasteiger partial charge in [-0.15, -0.1) is 0 Å². The fourth-order valence-corrected chi connectivity index (χ4v) is 5.26. The van der Waals surface area contributed by atoms with Gasteiger partial charge in [-0.2, -0.15) is 17.0 Å². The molecule has 2 saturated heterocycles. The summed E-state index contributed by atoms with van der Waals surface area (Å²) in [5.41, 5.74) is -0.0701. The smallest absolute Gasteiger partial charge is 0.282 e. The molecule has 0 saturated carbocycles. The molecule has 0 spiro atoms. The minimum absolute atomic E-state index is 0.168. The van der Waals surface area contributed by atoms with Crippen LogP contribution in [0.5, 0.6) is 0 Å². The van der Waals surface area contributed by atoms with Crippen LogP contribution in [-0.4, -0.2) is 73.4 Å². The Morgan fingerprint density at radius 2 is 1.70 bits per heavy atom. The number of nitro groups is 1. The van der Waals surface area contributed by atoms with Crippen molar-refractivity contribution < 1.29 is 22.5 Å². The summed E-state index contributed by atoms with van der Waals surface area (Å²) in [4.78, 5) is 11.8. The van der Waals surface area contributed by atoms with Gasteiger partial charge in [-0.05, 0) is 19.9 Å². The molecule has 2 atom stereocenters. The van der Waals surface area contributed by atoms with Gasteiger partial charge in [-0.3, -0.25) is 10.1 Å². The first-order valence-electron chi connectivity index (χ1n) is 8.78. The number of rotatable bonds is 4. The minimum atomic E-state index is -3.61. The molecule has 9 nitrogen and oxygen atoms in total. The Labute approximate surface area is 157 Å². The van der Waals surface area contributed by atoms with E-state index in [1.807, 2.05) is 13.8 Å². The number of non-ortho nitro benzene ring substituents is 1. The summed E-state index contributed by atoms with van der Waals surface area (Å²) in [5, 5.41) is 10.7. The van der Waals surface area contributed by atoms with Crippen LogP contribution in [0.2, 0.25) is 0 Å². The average molecular weight is 402 g/mol. The largest absolute Gasteiger partial charge is 0.373 e. The Morgan fingerprint density at radius 3 is 2.22 bits per heavy atom. The predicted octanol–water partition coefficient (Wildman–Crippen LogP) is 1.21. The van der Waals surface area contributed by atoms with Crippen LogP contribution in [0.1, 0.15) is 13.8 Å². The maximum absolute atomic E-state index is 14.2. The maximum Gasteiger partial charge on any atom is 0.282 e. The van der Waals surface area contributed by atoms with E-state index in [-0.39, 0.29) is 36.7 Å². The average Bonchev–Trinajstić information content (AvgIpc) is 2.61. The summed E-state index contributed by atoms with van der Waals surface area (Å²) in [6.07, 6.45) is -0.335. The summed E-state index contributed by atoms with van der Waals surface area (Å²) in [7, 11) is -3.61. The number of hydrogen-bond donors (Lipinski definition) is 0. The number of anilines is 1. The third-order valence-electron chi connectivity index (χ3n) is 4.76. The van der Waals surface area contributed by atoms with Crippen molar-refractivity contribution in [3.63, 3.8) is 0 Å². The number of hydrogen-bond acceptors (Lipinski definition) is 6. The molecule has 0 bridgehead atoms. The monoisotopic (exact) mass is 402 g/mol. The van der Waals surface area contributed by atoms with Gasteiger partial charge < -0.3 is 9.64 Å². The molecule has 0 aromatic heterocycles. The third-order valence-corrected chi connectivity index (χ3v) is 6.73. The highest BCUT2D eigenvalue weighted by atomic mass is 32.2. The van der Waals surface area contributed by atoms with Crippen LogP contribution in [0.4, 0.5) is 15.8 Å². The SMILES string of the molecule is CC1CN(S(=O)(=O)N2CCN(c3ccc([N+](=O)[O-])cc3F)CC2)CC(C)O1. The van der Waals surface area contributed by atoms with Crippen molar-refractivity contribution in [3.8, 4) is 0 Å². The predicted molar refractivity (Wildman–Crippen MR) is 97.3 cm³/mol. The second kappa shape index (κ2) is 7.66. The lowest BCUT2D eigenvalue weighted by molar-refractivity contribution is -0.385. The van der Waals surface area contributed by atoms with Crippen LogP contribution in [0.15, 0.2) is 18.2 Å². The minimum Gasteiger partial charge on any atom is -0.373 e. The molecule has 2 aliphatic heterocycles. The highest BCUT2D eigenvalue weighted by Gasteiger charge is 2.37. The molecule has 2 heterocycles. The van der Waals surface area contributed by atoms with Gasteiger partial charge in [0.15, 0.2) is 5.82 Å². The van der Waals surface area contributed by atoms with Crippen molar-refractivity contribution in [3.05, 3.63) is 34.1 Å². The Balaban J connectivity index is 1.67. The summed E-state index contributed by atoms with van der Waals surface area (Å²) < 4.78 is 48.4. The van der Waals surface area contributed by atoms with Crippen molar-refractivity contribution in [2.24, 2.45) is 0 Å². The van der Waals surface area contributed by atoms with E-state index in [4.69, 9.17) is 4.74 Å². The molecular weight excluding hydrogens is 379 g/mol. The Bertz CT molecular complexity index is 803. The lowest BCUT2D eigenvalue weighted by Crippen LogP contribution is -2.57. The Kier molecular flexibility index (Phi) is 5.65. The van der Waals surface area contributed by atoms with Gasteiger partial charge in [-0.25, -0.2) is 4.39 Å². The van der Waals surface area contributed by atoms with E-state index in [1.165, 1.54) is 20.7 Å². The lowest BCUT2D eigenvalue weighted by Gasteiger charge is -2.40. The van der Waals surface area contributed by atoms with Crippen molar-refractivity contribution in [2.75, 3.05) is 44.2 Å². The zero-order valence-electron chi connectivity index (χ0n) is 15.2. The fourth-order valence-electron chi connectivity index (χ4n) is 3.51. The second-order valence-corrected chi connectivity index (χ2v) is 8.79. The molecule has 27 heavy (non-hydrogen) atoms. The molecule has 11 heteroatoms. The van der Waals surface area contributed by atoms with Gasteiger partial charge in [-0.1, -0.05) is 0 Å². The standard InChI is InChI=1S/C16H23FN4O5S/c1-12-10-20(11-13(2)26-12)27(24,25)19-7-5-18(6-8-19)16-4-3-14(21(22)23)9-15(16)17/h3-4,9,12-13H,5-8,10-11H2,1-2H3. The van der Waals surface area contributed by atoms with Gasteiger partial charge in [0.05, 0.1) is 28.9 Å². The summed E-state index contributed by atoms with van der Waals surface area (Å²) in [6, 6.07) is 3.50. The second-order valence-electron chi connectivity index (χ2n) is 6.86. The number of piperazine rings is 1. The van der Waals surface area contributed by atoms with E-state index in [9.17, 15) is 22.9 Å². The fraction of sp³-hybridized carbons (Fsp3) is 0.625. The molecule has 150 valence electrons. The first kappa shape index (κ1) is 19.9. The zero-order valence-corrected chi connectivity index (χ0v) is 16.1. The molecule has 2 unspecified atom stereocenters. The van der Waals surface area contributed by atoms with Crippen molar-refractivity contribution in [1.82, 2.24) is 8.61 Å². The van der Waals surface area contributed by atoms with E-state index < -0.39 is 20.9 Å². The Hall–Kier alpha value is -1.82. The molecule has 3 rings (SSSR count).